The van der Waals surface area contributed by atoms with Crippen LogP contribution in [0.1, 0.15) is 41.3 Å². The van der Waals surface area contributed by atoms with Gasteiger partial charge in [-0.25, -0.2) is 0 Å². The number of hydrogen-bond donors (Lipinski definition) is 2. The Bertz CT molecular complexity index is 855. The molecule has 6 nitrogen and oxygen atoms in total. The summed E-state index contributed by atoms with van der Waals surface area (Å²) in [5, 5.41) is 5.71. The zero-order valence-corrected chi connectivity index (χ0v) is 17.2. The van der Waals surface area contributed by atoms with Crippen LogP contribution in [0, 0.1) is 13.8 Å². The zero-order valence-electron chi connectivity index (χ0n) is 17.2. The van der Waals surface area contributed by atoms with Crippen molar-refractivity contribution in [1.29, 1.82) is 0 Å². The Morgan fingerprint density at radius 3 is 2.55 bits per heavy atom. The highest BCUT2D eigenvalue weighted by Crippen LogP contribution is 2.24. The van der Waals surface area contributed by atoms with E-state index < -0.39 is 6.10 Å². The normalized spacial score (nSPS) is 16.9. The molecule has 0 spiro atoms. The number of benzene rings is 2. The van der Waals surface area contributed by atoms with E-state index in [0.29, 0.717) is 23.5 Å². The van der Waals surface area contributed by atoms with E-state index in [1.165, 1.54) is 0 Å². The lowest BCUT2D eigenvalue weighted by molar-refractivity contribution is -0.122. The Labute approximate surface area is 171 Å². The van der Waals surface area contributed by atoms with Gasteiger partial charge in [-0.05, 0) is 56.9 Å². The highest BCUT2D eigenvalue weighted by Gasteiger charge is 2.21. The van der Waals surface area contributed by atoms with Gasteiger partial charge < -0.3 is 20.1 Å². The minimum absolute atomic E-state index is 0.0616. The van der Waals surface area contributed by atoms with Gasteiger partial charge >= 0.3 is 0 Å². The van der Waals surface area contributed by atoms with E-state index in [-0.39, 0.29) is 17.9 Å². The fourth-order valence-corrected chi connectivity index (χ4v) is 3.35. The summed E-state index contributed by atoms with van der Waals surface area (Å²) in [7, 11) is 0. The molecule has 3 rings (SSSR count). The Morgan fingerprint density at radius 1 is 1.14 bits per heavy atom. The van der Waals surface area contributed by atoms with Crippen molar-refractivity contribution in [3.63, 3.8) is 0 Å². The van der Waals surface area contributed by atoms with E-state index in [1.807, 2.05) is 32.0 Å². The van der Waals surface area contributed by atoms with Crippen LogP contribution in [0.25, 0.3) is 0 Å². The van der Waals surface area contributed by atoms with Crippen molar-refractivity contribution in [2.75, 3.05) is 18.5 Å². The van der Waals surface area contributed by atoms with Gasteiger partial charge in [0.1, 0.15) is 5.75 Å². The van der Waals surface area contributed by atoms with Crippen molar-refractivity contribution >= 4 is 17.5 Å². The number of hydrogen-bond acceptors (Lipinski definition) is 4. The fraction of sp³-hybridized carbons (Fsp3) is 0.391. The summed E-state index contributed by atoms with van der Waals surface area (Å²) in [6, 6.07) is 12.8. The van der Waals surface area contributed by atoms with Gasteiger partial charge in [-0.2, -0.15) is 0 Å². The van der Waals surface area contributed by atoms with Crippen LogP contribution in [0.5, 0.6) is 5.75 Å². The van der Waals surface area contributed by atoms with E-state index in [1.54, 1.807) is 31.2 Å². The molecule has 2 aromatic rings. The molecule has 154 valence electrons. The van der Waals surface area contributed by atoms with Gasteiger partial charge in [0.2, 0.25) is 0 Å². The first-order valence-electron chi connectivity index (χ1n) is 9.98. The molecular formula is C23H28N2O4. The topological polar surface area (TPSA) is 76.7 Å². The maximum Gasteiger partial charge on any atom is 0.265 e. The molecule has 6 heteroatoms. The molecule has 0 radical (unpaired) electrons. The Morgan fingerprint density at radius 2 is 1.86 bits per heavy atom. The Hall–Kier alpha value is -2.86. The second kappa shape index (κ2) is 9.56. The number of ether oxygens (including phenoxy) is 2. The summed E-state index contributed by atoms with van der Waals surface area (Å²) in [6.07, 6.45) is 1.32. The molecule has 0 saturated carbocycles. The molecular weight excluding hydrogens is 368 g/mol. The third kappa shape index (κ3) is 5.35. The summed E-state index contributed by atoms with van der Waals surface area (Å²) in [4.78, 5) is 25.3. The number of para-hydroxylation sites is 2. The second-order valence-corrected chi connectivity index (χ2v) is 7.36. The van der Waals surface area contributed by atoms with Gasteiger partial charge in [-0.3, -0.25) is 9.59 Å². The lowest BCUT2D eigenvalue weighted by Crippen LogP contribution is -2.34. The molecule has 1 aliphatic heterocycles. The van der Waals surface area contributed by atoms with E-state index in [0.717, 1.165) is 30.6 Å². The molecule has 0 unspecified atom stereocenters. The number of nitrogens with one attached hydrogen (secondary N) is 2. The molecule has 2 aromatic carbocycles. The van der Waals surface area contributed by atoms with Crippen molar-refractivity contribution in [3.8, 4) is 5.75 Å². The summed E-state index contributed by atoms with van der Waals surface area (Å²) in [5.74, 6) is 0.157. The van der Waals surface area contributed by atoms with Crippen molar-refractivity contribution in [2.24, 2.45) is 0 Å². The van der Waals surface area contributed by atoms with Gasteiger partial charge in [0.05, 0.1) is 17.4 Å². The molecule has 1 fully saturated rings. The van der Waals surface area contributed by atoms with Gasteiger partial charge in [0.25, 0.3) is 11.8 Å². The van der Waals surface area contributed by atoms with Crippen LogP contribution in [-0.4, -0.2) is 37.2 Å². The van der Waals surface area contributed by atoms with Crippen LogP contribution in [0.2, 0.25) is 0 Å². The molecule has 1 heterocycles. The van der Waals surface area contributed by atoms with Crippen molar-refractivity contribution in [1.82, 2.24) is 5.32 Å². The number of aryl methyl sites for hydroxylation is 2. The maximum absolute atomic E-state index is 12.7. The number of carbonyl (C=O) groups is 2. The monoisotopic (exact) mass is 396 g/mol. The van der Waals surface area contributed by atoms with Crippen molar-refractivity contribution in [3.05, 3.63) is 59.2 Å². The summed E-state index contributed by atoms with van der Waals surface area (Å²) < 4.78 is 11.4. The second-order valence-electron chi connectivity index (χ2n) is 7.36. The summed E-state index contributed by atoms with van der Waals surface area (Å²) in [6.45, 7) is 6.79. The molecule has 2 amide bonds. The summed E-state index contributed by atoms with van der Waals surface area (Å²) >= 11 is 0. The summed E-state index contributed by atoms with van der Waals surface area (Å²) in [5.41, 5.74) is 2.81. The standard InChI is InChI=1S/C23H28N2O4/c1-15-8-6-9-16(2)21(15)29-17(3)22(26)25-20-12-5-4-11-19(20)23(27)24-14-18-10-7-13-28-18/h4-6,8-9,11-12,17-18H,7,10,13-14H2,1-3H3,(H,24,27)(H,25,26)/t17-,18-/m1/s1. The third-order valence-electron chi connectivity index (χ3n) is 5.02. The molecule has 0 aliphatic carbocycles. The van der Waals surface area contributed by atoms with Crippen molar-refractivity contribution < 1.29 is 19.1 Å². The van der Waals surface area contributed by atoms with Gasteiger partial charge in [-0.15, -0.1) is 0 Å². The number of amides is 2. The first-order chi connectivity index (χ1) is 14.0. The fourth-order valence-electron chi connectivity index (χ4n) is 3.35. The maximum atomic E-state index is 12.7. The van der Waals surface area contributed by atoms with Gasteiger partial charge in [-0.1, -0.05) is 30.3 Å². The first-order valence-corrected chi connectivity index (χ1v) is 9.98. The van der Waals surface area contributed by atoms with E-state index in [9.17, 15) is 9.59 Å². The van der Waals surface area contributed by atoms with Crippen LogP contribution >= 0.6 is 0 Å². The van der Waals surface area contributed by atoms with E-state index in [4.69, 9.17) is 9.47 Å². The molecule has 1 saturated heterocycles. The predicted octanol–water partition coefficient (Wildman–Crippen LogP) is 3.62. The van der Waals surface area contributed by atoms with Crippen LogP contribution < -0.4 is 15.4 Å². The third-order valence-corrected chi connectivity index (χ3v) is 5.02. The minimum Gasteiger partial charge on any atom is -0.480 e. The van der Waals surface area contributed by atoms with Crippen LogP contribution in [0.3, 0.4) is 0 Å². The zero-order chi connectivity index (χ0) is 20.8. The molecule has 2 atom stereocenters. The predicted molar refractivity (Wildman–Crippen MR) is 112 cm³/mol. The molecule has 0 aromatic heterocycles. The van der Waals surface area contributed by atoms with Crippen LogP contribution in [-0.2, 0) is 9.53 Å². The Kier molecular flexibility index (Phi) is 6.88. The van der Waals surface area contributed by atoms with Gasteiger partial charge in [0, 0.05) is 13.2 Å². The Balaban J connectivity index is 1.64. The highest BCUT2D eigenvalue weighted by molar-refractivity contribution is 6.04. The lowest BCUT2D eigenvalue weighted by Gasteiger charge is -2.19. The highest BCUT2D eigenvalue weighted by atomic mass is 16.5. The quantitative estimate of drug-likeness (QED) is 0.749. The number of rotatable bonds is 7. The largest absolute Gasteiger partial charge is 0.480 e. The molecule has 29 heavy (non-hydrogen) atoms. The van der Waals surface area contributed by atoms with Crippen LogP contribution in [0.4, 0.5) is 5.69 Å². The first kappa shape index (κ1) is 20.9. The minimum atomic E-state index is -0.710. The average Bonchev–Trinajstić information content (AvgIpc) is 3.23. The lowest BCUT2D eigenvalue weighted by atomic mass is 10.1. The smallest absolute Gasteiger partial charge is 0.265 e. The SMILES string of the molecule is Cc1cccc(C)c1O[C@H](C)C(=O)Nc1ccccc1C(=O)NC[C@H]1CCCO1. The molecule has 0 bridgehead atoms. The van der Waals surface area contributed by atoms with E-state index >= 15 is 0 Å². The average molecular weight is 396 g/mol. The van der Waals surface area contributed by atoms with E-state index in [2.05, 4.69) is 10.6 Å². The number of carbonyl (C=O) groups excluding carboxylic acids is 2. The number of anilines is 1. The van der Waals surface area contributed by atoms with Gasteiger partial charge in [0.15, 0.2) is 6.10 Å². The van der Waals surface area contributed by atoms with Crippen LogP contribution in [0.15, 0.2) is 42.5 Å². The molecule has 1 aliphatic rings. The van der Waals surface area contributed by atoms with Crippen molar-refractivity contribution in [2.45, 2.75) is 45.8 Å². The molecule has 2 N–H and O–H groups in total.